The van der Waals surface area contributed by atoms with Gasteiger partial charge in [0.05, 0.1) is 9.70 Å². The van der Waals surface area contributed by atoms with E-state index in [0.717, 1.165) is 23.2 Å². The molecule has 1 N–H and O–H groups in total. The maximum atomic E-state index is 10.7. The van der Waals surface area contributed by atoms with Crippen molar-refractivity contribution in [2.75, 3.05) is 13.6 Å². The van der Waals surface area contributed by atoms with Crippen LogP contribution in [0, 0.1) is 5.92 Å². The molecule has 88 valence electrons. The number of hydrogen-bond acceptors (Lipinski definition) is 3. The number of rotatable bonds is 5. The first-order chi connectivity index (χ1) is 7.58. The number of carboxylic acids is 1. The second kappa shape index (κ2) is 4.85. The van der Waals surface area contributed by atoms with Crippen molar-refractivity contribution in [3.05, 3.63) is 20.8 Å². The Morgan fingerprint density at radius 2 is 2.44 bits per heavy atom. The summed E-state index contributed by atoms with van der Waals surface area (Å²) in [6.45, 7) is 0.932. The number of nitrogens with zero attached hydrogens (tertiary/aromatic N) is 1. The van der Waals surface area contributed by atoms with Crippen LogP contribution < -0.4 is 0 Å². The summed E-state index contributed by atoms with van der Waals surface area (Å²) in [5, 5.41) is 8.83. The smallest absolute Gasteiger partial charge is 0.308 e. The van der Waals surface area contributed by atoms with Gasteiger partial charge in [-0.15, -0.1) is 11.3 Å². The molecular formula is C11H14BrNO2S. The molecule has 0 aromatic carbocycles. The molecule has 1 fully saturated rings. The number of thiophene rings is 1. The van der Waals surface area contributed by atoms with Crippen molar-refractivity contribution in [1.29, 1.82) is 0 Å². The van der Waals surface area contributed by atoms with E-state index in [0.29, 0.717) is 0 Å². The second-order valence-corrected chi connectivity index (χ2v) is 6.73. The minimum Gasteiger partial charge on any atom is -0.481 e. The SMILES string of the molecule is CN(CCc1ccc(Br)s1)C1CC1C(=O)O. The van der Waals surface area contributed by atoms with Gasteiger partial charge in [-0.25, -0.2) is 0 Å². The molecule has 3 nitrogen and oxygen atoms in total. The molecule has 2 unspecified atom stereocenters. The van der Waals surface area contributed by atoms with Gasteiger partial charge in [-0.3, -0.25) is 4.79 Å². The van der Waals surface area contributed by atoms with Crippen molar-refractivity contribution in [3.8, 4) is 0 Å². The summed E-state index contributed by atoms with van der Waals surface area (Å²) in [4.78, 5) is 14.2. The van der Waals surface area contributed by atoms with Crippen molar-refractivity contribution in [2.24, 2.45) is 5.92 Å². The van der Waals surface area contributed by atoms with Crippen LogP contribution in [-0.2, 0) is 11.2 Å². The molecule has 0 spiro atoms. The summed E-state index contributed by atoms with van der Waals surface area (Å²) in [5.41, 5.74) is 0. The van der Waals surface area contributed by atoms with Gasteiger partial charge in [0.1, 0.15) is 0 Å². The highest BCUT2D eigenvalue weighted by molar-refractivity contribution is 9.11. The van der Waals surface area contributed by atoms with Crippen molar-refractivity contribution < 1.29 is 9.90 Å². The third-order valence-corrected chi connectivity index (χ3v) is 4.66. The zero-order valence-corrected chi connectivity index (χ0v) is 11.4. The minimum atomic E-state index is -0.657. The summed E-state index contributed by atoms with van der Waals surface area (Å²) in [6.07, 6.45) is 1.80. The molecule has 1 aliphatic carbocycles. The van der Waals surface area contributed by atoms with Crippen molar-refractivity contribution in [2.45, 2.75) is 18.9 Å². The van der Waals surface area contributed by atoms with Crippen LogP contribution in [0.15, 0.2) is 15.9 Å². The number of carboxylic acid groups (broad SMARTS) is 1. The van der Waals surface area contributed by atoms with Crippen molar-refractivity contribution in [1.82, 2.24) is 4.90 Å². The molecule has 1 aromatic rings. The van der Waals surface area contributed by atoms with Crippen LogP contribution in [-0.4, -0.2) is 35.6 Å². The Bertz CT molecular complexity index is 393. The highest BCUT2D eigenvalue weighted by Crippen LogP contribution is 2.35. The Morgan fingerprint density at radius 3 is 2.94 bits per heavy atom. The highest BCUT2D eigenvalue weighted by atomic mass is 79.9. The molecule has 0 aliphatic heterocycles. The topological polar surface area (TPSA) is 40.5 Å². The Balaban J connectivity index is 1.77. The lowest BCUT2D eigenvalue weighted by Gasteiger charge is -2.15. The Hall–Kier alpha value is -0.390. The van der Waals surface area contributed by atoms with Gasteiger partial charge in [0.2, 0.25) is 0 Å². The third kappa shape index (κ3) is 2.84. The first-order valence-electron chi connectivity index (χ1n) is 5.25. The normalized spacial score (nSPS) is 23.7. The van der Waals surface area contributed by atoms with Crippen LogP contribution in [0.1, 0.15) is 11.3 Å². The quantitative estimate of drug-likeness (QED) is 0.908. The van der Waals surface area contributed by atoms with E-state index in [1.165, 1.54) is 4.88 Å². The fraction of sp³-hybridized carbons (Fsp3) is 0.545. The zero-order chi connectivity index (χ0) is 11.7. The number of likely N-dealkylation sites (N-methyl/N-ethyl adjacent to an activating group) is 1. The Morgan fingerprint density at radius 1 is 1.69 bits per heavy atom. The van der Waals surface area contributed by atoms with E-state index in [2.05, 4.69) is 33.0 Å². The second-order valence-electron chi connectivity index (χ2n) is 4.18. The lowest BCUT2D eigenvalue weighted by Crippen LogP contribution is -2.26. The van der Waals surface area contributed by atoms with E-state index in [4.69, 9.17) is 5.11 Å². The molecule has 1 aliphatic rings. The summed E-state index contributed by atoms with van der Waals surface area (Å²) < 4.78 is 1.15. The van der Waals surface area contributed by atoms with E-state index in [9.17, 15) is 4.79 Å². The van der Waals surface area contributed by atoms with Crippen molar-refractivity contribution in [3.63, 3.8) is 0 Å². The van der Waals surface area contributed by atoms with Gasteiger partial charge in [0.25, 0.3) is 0 Å². The van der Waals surface area contributed by atoms with E-state index in [1.807, 2.05) is 7.05 Å². The number of carbonyl (C=O) groups is 1. The molecule has 0 saturated heterocycles. The van der Waals surface area contributed by atoms with Crippen LogP contribution in [0.3, 0.4) is 0 Å². The first kappa shape index (κ1) is 12.1. The zero-order valence-electron chi connectivity index (χ0n) is 9.02. The van der Waals surface area contributed by atoms with Gasteiger partial charge in [0.15, 0.2) is 0 Å². The molecule has 5 heteroatoms. The standard InChI is InChI=1S/C11H14BrNO2S/c1-13(9-6-8(9)11(14)15)5-4-7-2-3-10(12)16-7/h2-3,8-9H,4-6H2,1H3,(H,14,15). The maximum absolute atomic E-state index is 10.7. The summed E-state index contributed by atoms with van der Waals surface area (Å²) in [7, 11) is 2.01. The number of halogens is 1. The van der Waals surface area contributed by atoms with Gasteiger partial charge in [-0.1, -0.05) is 0 Å². The van der Waals surface area contributed by atoms with E-state index < -0.39 is 5.97 Å². The van der Waals surface area contributed by atoms with Gasteiger partial charge in [-0.2, -0.15) is 0 Å². The molecule has 0 bridgehead atoms. The van der Waals surface area contributed by atoms with Gasteiger partial charge in [-0.05, 0) is 48.0 Å². The monoisotopic (exact) mass is 303 g/mol. The van der Waals surface area contributed by atoms with Gasteiger partial charge < -0.3 is 10.0 Å². The lowest BCUT2D eigenvalue weighted by molar-refractivity contribution is -0.138. The highest BCUT2D eigenvalue weighted by Gasteiger charge is 2.45. The minimum absolute atomic E-state index is 0.139. The predicted octanol–water partition coefficient (Wildman–Crippen LogP) is 2.46. The molecule has 16 heavy (non-hydrogen) atoms. The van der Waals surface area contributed by atoms with Crippen LogP contribution in [0.25, 0.3) is 0 Å². The molecule has 1 aromatic heterocycles. The van der Waals surface area contributed by atoms with E-state index >= 15 is 0 Å². The average molecular weight is 304 g/mol. The van der Waals surface area contributed by atoms with Gasteiger partial charge >= 0.3 is 5.97 Å². The molecule has 2 rings (SSSR count). The lowest BCUT2D eigenvalue weighted by atomic mass is 10.3. The van der Waals surface area contributed by atoms with Crippen molar-refractivity contribution >= 4 is 33.2 Å². The number of aliphatic carboxylic acids is 1. The Kier molecular flexibility index (Phi) is 3.66. The first-order valence-corrected chi connectivity index (χ1v) is 6.86. The molecule has 1 saturated carbocycles. The molecule has 0 radical (unpaired) electrons. The summed E-state index contributed by atoms with van der Waals surface area (Å²) in [6, 6.07) is 4.42. The summed E-state index contributed by atoms with van der Waals surface area (Å²) >= 11 is 5.18. The fourth-order valence-corrected chi connectivity index (χ4v) is 3.34. The van der Waals surface area contributed by atoms with Crippen LogP contribution in [0.5, 0.6) is 0 Å². The average Bonchev–Trinajstić information content (AvgIpc) is 2.93. The third-order valence-electron chi connectivity index (χ3n) is 2.98. The maximum Gasteiger partial charge on any atom is 0.308 e. The predicted molar refractivity (Wildman–Crippen MR) is 67.9 cm³/mol. The molecular weight excluding hydrogens is 290 g/mol. The summed E-state index contributed by atoms with van der Waals surface area (Å²) in [5.74, 6) is -0.796. The van der Waals surface area contributed by atoms with Crippen LogP contribution >= 0.6 is 27.3 Å². The van der Waals surface area contributed by atoms with E-state index in [1.54, 1.807) is 11.3 Å². The van der Waals surface area contributed by atoms with Crippen LogP contribution in [0.2, 0.25) is 0 Å². The Labute approximate surface area is 107 Å². The largest absolute Gasteiger partial charge is 0.481 e. The molecule has 0 amide bonds. The van der Waals surface area contributed by atoms with Gasteiger partial charge in [0, 0.05) is 17.5 Å². The molecule has 1 heterocycles. The number of hydrogen-bond donors (Lipinski definition) is 1. The van der Waals surface area contributed by atoms with Crippen LogP contribution in [0.4, 0.5) is 0 Å². The van der Waals surface area contributed by atoms with E-state index in [-0.39, 0.29) is 12.0 Å². The molecule has 2 atom stereocenters. The fourth-order valence-electron chi connectivity index (χ4n) is 1.87.